The number of benzene rings is 1. The van der Waals surface area contributed by atoms with E-state index in [1.807, 2.05) is 30.3 Å². The number of nitrogens with one attached hydrogen (secondary N) is 1. The maximum atomic E-state index is 12.1. The Morgan fingerprint density at radius 1 is 1.33 bits per heavy atom. The van der Waals surface area contributed by atoms with E-state index in [1.54, 1.807) is 7.11 Å². The molecule has 0 saturated heterocycles. The van der Waals surface area contributed by atoms with E-state index in [0.29, 0.717) is 13.2 Å². The summed E-state index contributed by atoms with van der Waals surface area (Å²) in [4.78, 5) is 12.1. The lowest BCUT2D eigenvalue weighted by Crippen LogP contribution is -2.30. The van der Waals surface area contributed by atoms with Crippen LogP contribution in [0.25, 0.3) is 0 Å². The van der Waals surface area contributed by atoms with E-state index in [4.69, 9.17) is 4.74 Å². The van der Waals surface area contributed by atoms with Gasteiger partial charge in [-0.25, -0.2) is 0 Å². The highest BCUT2D eigenvalue weighted by molar-refractivity contribution is 5.83. The fraction of sp³-hybridized carbons (Fsp3) is 0.533. The quantitative estimate of drug-likeness (QED) is 0.719. The van der Waals surface area contributed by atoms with E-state index < -0.39 is 0 Å². The molecule has 100 valence electrons. The first-order valence-corrected chi connectivity index (χ1v) is 6.61. The predicted octanol–water partition coefficient (Wildman–Crippen LogP) is 2.72. The third kappa shape index (κ3) is 4.88. The van der Waals surface area contributed by atoms with Gasteiger partial charge in [-0.15, -0.1) is 0 Å². The highest BCUT2D eigenvalue weighted by Gasteiger charge is 2.18. The van der Waals surface area contributed by atoms with Crippen LogP contribution < -0.4 is 5.32 Å². The summed E-state index contributed by atoms with van der Waals surface area (Å²) in [5.74, 6) is 0.0953. The number of methoxy groups -OCH3 is 1. The molecular formula is C15H23NO2. The molecule has 1 N–H and O–H groups in total. The maximum absolute atomic E-state index is 12.1. The molecule has 0 heterocycles. The molecule has 0 radical (unpaired) electrons. The Morgan fingerprint density at radius 3 is 2.67 bits per heavy atom. The van der Waals surface area contributed by atoms with Gasteiger partial charge in [0.05, 0.1) is 5.92 Å². The molecule has 0 aromatic heterocycles. The Hall–Kier alpha value is -1.35. The largest absolute Gasteiger partial charge is 0.385 e. The number of hydrogen-bond donors (Lipinski definition) is 1. The molecule has 0 bridgehead atoms. The van der Waals surface area contributed by atoms with Crippen molar-refractivity contribution in [2.75, 3.05) is 20.3 Å². The van der Waals surface area contributed by atoms with E-state index in [-0.39, 0.29) is 11.8 Å². The summed E-state index contributed by atoms with van der Waals surface area (Å²) in [6.07, 6.45) is 2.75. The van der Waals surface area contributed by atoms with Gasteiger partial charge in [0.1, 0.15) is 0 Å². The van der Waals surface area contributed by atoms with Crippen molar-refractivity contribution >= 4 is 5.91 Å². The SMILES string of the molecule is CCCC(C(=O)NCCCOC)c1ccccc1. The van der Waals surface area contributed by atoms with Crippen LogP contribution in [0.1, 0.15) is 37.7 Å². The second kappa shape index (κ2) is 8.70. The molecule has 1 amide bonds. The van der Waals surface area contributed by atoms with E-state index in [2.05, 4.69) is 12.2 Å². The number of amides is 1. The van der Waals surface area contributed by atoms with E-state index in [1.165, 1.54) is 0 Å². The lowest BCUT2D eigenvalue weighted by molar-refractivity contribution is -0.122. The fourth-order valence-electron chi connectivity index (χ4n) is 1.97. The smallest absolute Gasteiger partial charge is 0.227 e. The molecule has 0 aliphatic heterocycles. The minimum absolute atomic E-state index is 0.0289. The Morgan fingerprint density at radius 2 is 2.06 bits per heavy atom. The average Bonchev–Trinajstić information content (AvgIpc) is 2.41. The molecule has 0 saturated carbocycles. The lowest BCUT2D eigenvalue weighted by Gasteiger charge is -2.16. The Bertz CT molecular complexity index is 338. The summed E-state index contributed by atoms with van der Waals surface area (Å²) in [6, 6.07) is 9.99. The zero-order valence-corrected chi connectivity index (χ0v) is 11.3. The monoisotopic (exact) mass is 249 g/mol. The van der Waals surface area contributed by atoms with Gasteiger partial charge in [-0.1, -0.05) is 43.7 Å². The normalized spacial score (nSPS) is 12.1. The number of rotatable bonds is 8. The van der Waals surface area contributed by atoms with Crippen molar-refractivity contribution in [3.8, 4) is 0 Å². The second-order valence-corrected chi connectivity index (χ2v) is 4.39. The van der Waals surface area contributed by atoms with Crippen molar-refractivity contribution in [2.45, 2.75) is 32.1 Å². The van der Waals surface area contributed by atoms with Crippen molar-refractivity contribution in [3.05, 3.63) is 35.9 Å². The molecule has 3 nitrogen and oxygen atoms in total. The van der Waals surface area contributed by atoms with E-state index >= 15 is 0 Å². The molecule has 0 aliphatic rings. The molecule has 1 aromatic carbocycles. The molecular weight excluding hydrogens is 226 g/mol. The molecule has 3 heteroatoms. The third-order valence-corrected chi connectivity index (χ3v) is 2.92. The molecule has 0 fully saturated rings. The maximum Gasteiger partial charge on any atom is 0.227 e. The van der Waals surface area contributed by atoms with Gasteiger partial charge in [-0.3, -0.25) is 4.79 Å². The van der Waals surface area contributed by atoms with Crippen LogP contribution in [0, 0.1) is 0 Å². The van der Waals surface area contributed by atoms with Gasteiger partial charge in [0.2, 0.25) is 5.91 Å². The van der Waals surface area contributed by atoms with Crippen molar-refractivity contribution in [3.63, 3.8) is 0 Å². The summed E-state index contributed by atoms with van der Waals surface area (Å²) in [6.45, 7) is 3.47. The third-order valence-electron chi connectivity index (χ3n) is 2.92. The van der Waals surface area contributed by atoms with Gasteiger partial charge in [0.15, 0.2) is 0 Å². The minimum Gasteiger partial charge on any atom is -0.385 e. The van der Waals surface area contributed by atoms with Crippen molar-refractivity contribution in [1.82, 2.24) is 5.32 Å². The van der Waals surface area contributed by atoms with E-state index in [0.717, 1.165) is 24.8 Å². The van der Waals surface area contributed by atoms with Gasteiger partial charge >= 0.3 is 0 Å². The molecule has 0 aliphatic carbocycles. The van der Waals surface area contributed by atoms with E-state index in [9.17, 15) is 4.79 Å². The molecule has 1 aromatic rings. The molecule has 0 spiro atoms. The van der Waals surface area contributed by atoms with Crippen LogP contribution in [0.3, 0.4) is 0 Å². The summed E-state index contributed by atoms with van der Waals surface area (Å²) in [5.41, 5.74) is 1.10. The standard InChI is InChI=1S/C15H23NO2/c1-3-8-14(13-9-5-4-6-10-13)15(17)16-11-7-12-18-2/h4-6,9-10,14H,3,7-8,11-12H2,1-2H3,(H,16,17). The summed E-state index contributed by atoms with van der Waals surface area (Å²) < 4.78 is 4.96. The number of carbonyl (C=O) groups is 1. The van der Waals surface area contributed by atoms with Crippen LogP contribution in [0.15, 0.2) is 30.3 Å². The van der Waals surface area contributed by atoms with Crippen LogP contribution in [-0.2, 0) is 9.53 Å². The molecule has 1 rings (SSSR count). The van der Waals surface area contributed by atoms with Gasteiger partial charge in [0, 0.05) is 20.3 Å². The summed E-state index contributed by atoms with van der Waals surface area (Å²) in [5, 5.41) is 2.98. The molecule has 1 unspecified atom stereocenters. The van der Waals surface area contributed by atoms with Crippen LogP contribution >= 0.6 is 0 Å². The van der Waals surface area contributed by atoms with Gasteiger partial charge in [-0.05, 0) is 18.4 Å². The van der Waals surface area contributed by atoms with Gasteiger partial charge in [-0.2, -0.15) is 0 Å². The van der Waals surface area contributed by atoms with Gasteiger partial charge < -0.3 is 10.1 Å². The number of ether oxygens (including phenoxy) is 1. The Kier molecular flexibility index (Phi) is 7.11. The highest BCUT2D eigenvalue weighted by Crippen LogP contribution is 2.21. The minimum atomic E-state index is -0.0289. The number of carbonyl (C=O) groups excluding carboxylic acids is 1. The topological polar surface area (TPSA) is 38.3 Å². The molecule has 18 heavy (non-hydrogen) atoms. The van der Waals surface area contributed by atoms with Crippen molar-refractivity contribution in [1.29, 1.82) is 0 Å². The van der Waals surface area contributed by atoms with Gasteiger partial charge in [0.25, 0.3) is 0 Å². The zero-order chi connectivity index (χ0) is 13.2. The van der Waals surface area contributed by atoms with Crippen LogP contribution in [-0.4, -0.2) is 26.2 Å². The zero-order valence-electron chi connectivity index (χ0n) is 11.3. The Labute approximate surface area is 110 Å². The highest BCUT2D eigenvalue weighted by atomic mass is 16.5. The first-order valence-electron chi connectivity index (χ1n) is 6.61. The number of hydrogen-bond acceptors (Lipinski definition) is 2. The summed E-state index contributed by atoms with van der Waals surface area (Å²) >= 11 is 0. The van der Waals surface area contributed by atoms with Crippen LogP contribution in [0.2, 0.25) is 0 Å². The van der Waals surface area contributed by atoms with Crippen molar-refractivity contribution < 1.29 is 9.53 Å². The molecule has 1 atom stereocenters. The lowest BCUT2D eigenvalue weighted by atomic mass is 9.93. The average molecular weight is 249 g/mol. The van der Waals surface area contributed by atoms with Crippen LogP contribution in [0.5, 0.6) is 0 Å². The summed E-state index contributed by atoms with van der Waals surface area (Å²) in [7, 11) is 1.67. The first kappa shape index (κ1) is 14.7. The van der Waals surface area contributed by atoms with Crippen LogP contribution in [0.4, 0.5) is 0 Å². The Balaban J connectivity index is 2.53. The first-order chi connectivity index (χ1) is 8.79. The second-order valence-electron chi connectivity index (χ2n) is 4.39. The van der Waals surface area contributed by atoms with Crippen molar-refractivity contribution in [2.24, 2.45) is 0 Å². The fourth-order valence-corrected chi connectivity index (χ4v) is 1.97. The predicted molar refractivity (Wildman–Crippen MR) is 73.6 cm³/mol.